The molecule has 1 heterocycles. The molecule has 6 heteroatoms. The van der Waals surface area contributed by atoms with Gasteiger partial charge >= 0.3 is 0 Å². The quantitative estimate of drug-likeness (QED) is 0.673. The molecule has 18 heavy (non-hydrogen) atoms. The van der Waals surface area contributed by atoms with Crippen molar-refractivity contribution in [3.63, 3.8) is 0 Å². The minimum Gasteiger partial charge on any atom is -0.316 e. The van der Waals surface area contributed by atoms with Crippen LogP contribution in [-0.2, 0) is 6.42 Å². The molecule has 1 aliphatic rings. The Labute approximate surface area is 109 Å². The predicted molar refractivity (Wildman–Crippen MR) is 70.4 cm³/mol. The average Bonchev–Trinajstić information content (AvgIpc) is 2.76. The zero-order valence-corrected chi connectivity index (χ0v) is 10.9. The monoisotopic (exact) mass is 270 g/mol. The van der Waals surface area contributed by atoms with Crippen LogP contribution in [0.4, 0.5) is 10.1 Å². The topological polar surface area (TPSA) is 55.2 Å². The fourth-order valence-electron chi connectivity index (χ4n) is 2.30. The first-order valence-electron chi connectivity index (χ1n) is 5.79. The number of halogens is 1. The fraction of sp³-hybridized carbons (Fsp3) is 0.500. The van der Waals surface area contributed by atoms with Crippen LogP contribution in [0.5, 0.6) is 0 Å². The molecule has 2 atom stereocenters. The van der Waals surface area contributed by atoms with Crippen LogP contribution in [0.15, 0.2) is 18.2 Å². The van der Waals surface area contributed by atoms with Crippen molar-refractivity contribution in [3.8, 4) is 0 Å². The van der Waals surface area contributed by atoms with E-state index in [4.69, 9.17) is 0 Å². The van der Waals surface area contributed by atoms with E-state index in [0.29, 0.717) is 23.9 Å². The van der Waals surface area contributed by atoms with E-state index in [9.17, 15) is 14.5 Å². The maximum atomic E-state index is 13.2. The molecule has 0 aromatic heterocycles. The van der Waals surface area contributed by atoms with Crippen molar-refractivity contribution in [2.24, 2.45) is 5.92 Å². The zero-order chi connectivity index (χ0) is 13.1. The minimum atomic E-state index is -0.439. The van der Waals surface area contributed by atoms with E-state index in [1.165, 1.54) is 12.1 Å². The first-order chi connectivity index (χ1) is 8.61. The fourth-order valence-corrected chi connectivity index (χ4v) is 3.78. The highest BCUT2D eigenvalue weighted by molar-refractivity contribution is 7.99. The number of nitro groups is 1. The van der Waals surface area contributed by atoms with Gasteiger partial charge in [0.1, 0.15) is 5.82 Å². The van der Waals surface area contributed by atoms with Crippen LogP contribution in [-0.4, -0.2) is 29.5 Å². The molecule has 1 N–H and O–H groups in total. The SMILES string of the molecule is CNC1CSCC1Cc1cc(F)ccc1[N+](=O)[O-]. The van der Waals surface area contributed by atoms with E-state index >= 15 is 0 Å². The maximum absolute atomic E-state index is 13.2. The van der Waals surface area contributed by atoms with Gasteiger partial charge in [-0.15, -0.1) is 0 Å². The highest BCUT2D eigenvalue weighted by atomic mass is 32.2. The second-order valence-corrected chi connectivity index (χ2v) is 5.50. The van der Waals surface area contributed by atoms with E-state index in [0.717, 1.165) is 17.6 Å². The van der Waals surface area contributed by atoms with Crippen LogP contribution >= 0.6 is 11.8 Å². The van der Waals surface area contributed by atoms with E-state index < -0.39 is 10.7 Å². The second-order valence-electron chi connectivity index (χ2n) is 4.43. The molecule has 4 nitrogen and oxygen atoms in total. The Balaban J connectivity index is 2.22. The van der Waals surface area contributed by atoms with Gasteiger partial charge in [-0.2, -0.15) is 11.8 Å². The van der Waals surface area contributed by atoms with E-state index in [2.05, 4.69) is 5.32 Å². The summed E-state index contributed by atoms with van der Waals surface area (Å²) in [5.41, 5.74) is 0.510. The maximum Gasteiger partial charge on any atom is 0.272 e. The molecule has 1 aromatic carbocycles. The van der Waals surface area contributed by atoms with E-state index in [1.54, 1.807) is 0 Å². The van der Waals surface area contributed by atoms with Gasteiger partial charge in [0, 0.05) is 23.4 Å². The molecule has 1 fully saturated rings. The summed E-state index contributed by atoms with van der Waals surface area (Å²) < 4.78 is 13.2. The number of nitro benzene ring substituents is 1. The van der Waals surface area contributed by atoms with E-state index in [1.807, 2.05) is 18.8 Å². The second kappa shape index (κ2) is 5.67. The third kappa shape index (κ3) is 2.81. The zero-order valence-electron chi connectivity index (χ0n) is 10.1. The van der Waals surface area contributed by atoms with Gasteiger partial charge in [0.05, 0.1) is 4.92 Å². The van der Waals surface area contributed by atoms with Crippen molar-refractivity contribution < 1.29 is 9.31 Å². The Morgan fingerprint density at radius 2 is 2.33 bits per heavy atom. The number of benzene rings is 1. The van der Waals surface area contributed by atoms with Gasteiger partial charge in [0.15, 0.2) is 0 Å². The lowest BCUT2D eigenvalue weighted by Gasteiger charge is -2.17. The Bertz CT molecular complexity index is 456. The van der Waals surface area contributed by atoms with Gasteiger partial charge in [-0.05, 0) is 37.3 Å². The number of nitrogens with one attached hydrogen (secondary N) is 1. The Kier molecular flexibility index (Phi) is 4.19. The highest BCUT2D eigenvalue weighted by Gasteiger charge is 2.28. The smallest absolute Gasteiger partial charge is 0.272 e. The molecule has 2 unspecified atom stereocenters. The van der Waals surface area contributed by atoms with Crippen LogP contribution in [0.3, 0.4) is 0 Å². The largest absolute Gasteiger partial charge is 0.316 e. The third-order valence-corrected chi connectivity index (χ3v) is 4.55. The molecule has 1 aliphatic heterocycles. The van der Waals surface area contributed by atoms with Crippen molar-refractivity contribution >= 4 is 17.4 Å². The van der Waals surface area contributed by atoms with Gasteiger partial charge in [-0.25, -0.2) is 4.39 Å². The molecule has 0 spiro atoms. The summed E-state index contributed by atoms with van der Waals surface area (Å²) in [4.78, 5) is 10.5. The minimum absolute atomic E-state index is 0.0168. The number of thioether (sulfide) groups is 1. The number of nitrogens with zero attached hydrogens (tertiary/aromatic N) is 1. The molecular weight excluding hydrogens is 255 g/mol. The Morgan fingerprint density at radius 3 is 3.00 bits per heavy atom. The highest BCUT2D eigenvalue weighted by Crippen LogP contribution is 2.30. The van der Waals surface area contributed by atoms with Crippen LogP contribution in [0.1, 0.15) is 5.56 Å². The summed E-state index contributed by atoms with van der Waals surface area (Å²) in [5, 5.41) is 14.1. The molecule has 0 saturated carbocycles. The van der Waals surface area contributed by atoms with E-state index in [-0.39, 0.29) is 5.69 Å². The lowest BCUT2D eigenvalue weighted by molar-refractivity contribution is -0.385. The summed E-state index contributed by atoms with van der Waals surface area (Å²) in [6.07, 6.45) is 0.548. The van der Waals surface area contributed by atoms with Crippen molar-refractivity contribution in [1.82, 2.24) is 5.32 Å². The average molecular weight is 270 g/mol. The molecule has 0 aliphatic carbocycles. The first-order valence-corrected chi connectivity index (χ1v) is 6.95. The predicted octanol–water partition coefficient (Wildman–Crippen LogP) is 2.23. The summed E-state index contributed by atoms with van der Waals surface area (Å²) >= 11 is 1.83. The van der Waals surface area contributed by atoms with Gasteiger partial charge in [0.2, 0.25) is 0 Å². The summed E-state index contributed by atoms with van der Waals surface area (Å²) in [6.45, 7) is 0. The summed E-state index contributed by atoms with van der Waals surface area (Å²) in [6, 6.07) is 4.02. The number of hydrogen-bond donors (Lipinski definition) is 1. The summed E-state index contributed by atoms with van der Waals surface area (Å²) in [5.74, 6) is 1.87. The Morgan fingerprint density at radius 1 is 1.56 bits per heavy atom. The Hall–Kier alpha value is -1.14. The van der Waals surface area contributed by atoms with Gasteiger partial charge in [-0.1, -0.05) is 0 Å². The van der Waals surface area contributed by atoms with Crippen LogP contribution in [0.25, 0.3) is 0 Å². The molecular formula is C12H15FN2O2S. The van der Waals surface area contributed by atoms with Gasteiger partial charge in [-0.3, -0.25) is 10.1 Å². The number of rotatable bonds is 4. The third-order valence-electron chi connectivity index (χ3n) is 3.29. The number of hydrogen-bond acceptors (Lipinski definition) is 4. The van der Waals surface area contributed by atoms with Crippen molar-refractivity contribution in [2.75, 3.05) is 18.6 Å². The lowest BCUT2D eigenvalue weighted by atomic mass is 9.94. The summed E-state index contributed by atoms with van der Waals surface area (Å²) in [7, 11) is 1.89. The normalized spacial score (nSPS) is 23.2. The lowest BCUT2D eigenvalue weighted by Crippen LogP contribution is -2.33. The van der Waals surface area contributed by atoms with Gasteiger partial charge < -0.3 is 5.32 Å². The molecule has 0 bridgehead atoms. The standard InChI is InChI=1S/C12H15FN2O2S/c1-14-11-7-18-6-9(11)4-8-5-10(13)2-3-12(8)15(16)17/h2-3,5,9,11,14H,4,6-7H2,1H3. The molecule has 98 valence electrons. The van der Waals surface area contributed by atoms with Crippen molar-refractivity contribution in [3.05, 3.63) is 39.7 Å². The van der Waals surface area contributed by atoms with Crippen LogP contribution in [0, 0.1) is 21.8 Å². The van der Waals surface area contributed by atoms with Crippen molar-refractivity contribution in [1.29, 1.82) is 0 Å². The van der Waals surface area contributed by atoms with Gasteiger partial charge in [0.25, 0.3) is 5.69 Å². The molecule has 0 amide bonds. The molecule has 0 radical (unpaired) electrons. The molecule has 1 aromatic rings. The van der Waals surface area contributed by atoms with Crippen LogP contribution in [0.2, 0.25) is 0 Å². The van der Waals surface area contributed by atoms with Crippen molar-refractivity contribution in [2.45, 2.75) is 12.5 Å². The molecule has 2 rings (SSSR count). The first kappa shape index (κ1) is 13.3. The van der Waals surface area contributed by atoms with Crippen LogP contribution < -0.4 is 5.32 Å². The molecule has 1 saturated heterocycles.